The van der Waals surface area contributed by atoms with Gasteiger partial charge in [-0.05, 0) is 30.3 Å². The van der Waals surface area contributed by atoms with E-state index in [1.54, 1.807) is 24.4 Å². The Bertz CT molecular complexity index is 1020. The molecule has 4 rings (SSSR count). The SMILES string of the molecule is O=C(NCc1ccccn1)c1cc(S(=O)(=O)N2CCC3(CC2)OCCO3)ccc1F. The second kappa shape index (κ2) is 8.38. The van der Waals surface area contributed by atoms with Gasteiger partial charge in [0.2, 0.25) is 10.0 Å². The highest BCUT2D eigenvalue weighted by Crippen LogP contribution is 2.33. The minimum Gasteiger partial charge on any atom is -0.347 e. The average molecular weight is 435 g/mol. The first-order chi connectivity index (χ1) is 14.4. The summed E-state index contributed by atoms with van der Waals surface area (Å²) in [7, 11) is -3.88. The number of halogens is 1. The predicted molar refractivity (Wildman–Crippen MR) is 104 cm³/mol. The molecule has 8 nitrogen and oxygen atoms in total. The van der Waals surface area contributed by atoms with Crippen LogP contribution in [0, 0.1) is 5.82 Å². The highest BCUT2D eigenvalue weighted by molar-refractivity contribution is 7.89. The Morgan fingerprint density at radius 3 is 2.57 bits per heavy atom. The highest BCUT2D eigenvalue weighted by atomic mass is 32.2. The number of nitrogens with one attached hydrogen (secondary N) is 1. The smallest absolute Gasteiger partial charge is 0.254 e. The minimum absolute atomic E-state index is 0.101. The number of rotatable bonds is 5. The van der Waals surface area contributed by atoms with E-state index in [-0.39, 0.29) is 30.1 Å². The number of carbonyl (C=O) groups excluding carboxylic acids is 1. The van der Waals surface area contributed by atoms with Crippen molar-refractivity contribution >= 4 is 15.9 Å². The number of benzene rings is 1. The van der Waals surface area contributed by atoms with Gasteiger partial charge in [-0.2, -0.15) is 4.31 Å². The first-order valence-corrected chi connectivity index (χ1v) is 11.1. The van der Waals surface area contributed by atoms with Crippen molar-refractivity contribution < 1.29 is 27.1 Å². The van der Waals surface area contributed by atoms with Crippen molar-refractivity contribution in [2.24, 2.45) is 0 Å². The van der Waals surface area contributed by atoms with Crippen LogP contribution in [0.25, 0.3) is 0 Å². The summed E-state index contributed by atoms with van der Waals surface area (Å²) in [6.07, 6.45) is 2.43. The van der Waals surface area contributed by atoms with Gasteiger partial charge in [0.05, 0.1) is 35.9 Å². The Labute approximate surface area is 174 Å². The van der Waals surface area contributed by atoms with E-state index in [2.05, 4.69) is 10.3 Å². The molecule has 2 aromatic rings. The summed E-state index contributed by atoms with van der Waals surface area (Å²) in [5.41, 5.74) is 0.275. The second-order valence-electron chi connectivity index (χ2n) is 7.16. The number of hydrogen-bond acceptors (Lipinski definition) is 6. The molecule has 160 valence electrons. The van der Waals surface area contributed by atoms with Crippen LogP contribution in [-0.2, 0) is 26.0 Å². The molecule has 0 saturated carbocycles. The van der Waals surface area contributed by atoms with E-state index in [1.165, 1.54) is 10.4 Å². The van der Waals surface area contributed by atoms with Crippen molar-refractivity contribution in [3.63, 3.8) is 0 Å². The van der Waals surface area contributed by atoms with Crippen molar-refractivity contribution in [2.75, 3.05) is 26.3 Å². The summed E-state index contributed by atoms with van der Waals surface area (Å²) in [5, 5.41) is 2.56. The monoisotopic (exact) mass is 435 g/mol. The molecule has 3 heterocycles. The third-order valence-corrected chi connectivity index (χ3v) is 7.17. The molecule has 10 heteroatoms. The quantitative estimate of drug-likeness (QED) is 0.768. The van der Waals surface area contributed by atoms with Crippen molar-refractivity contribution in [1.82, 2.24) is 14.6 Å². The van der Waals surface area contributed by atoms with Gasteiger partial charge in [-0.15, -0.1) is 0 Å². The fraction of sp³-hybridized carbons (Fsp3) is 0.400. The number of sulfonamides is 1. The van der Waals surface area contributed by atoms with Gasteiger partial charge >= 0.3 is 0 Å². The number of aromatic nitrogens is 1. The minimum atomic E-state index is -3.88. The molecule has 0 aliphatic carbocycles. The van der Waals surface area contributed by atoms with Crippen LogP contribution in [0.4, 0.5) is 4.39 Å². The van der Waals surface area contributed by atoms with Crippen LogP contribution in [-0.4, -0.2) is 55.7 Å². The average Bonchev–Trinajstić information content (AvgIpc) is 3.21. The van der Waals surface area contributed by atoms with E-state index >= 15 is 0 Å². The van der Waals surface area contributed by atoms with Gasteiger partial charge in [0, 0.05) is 32.1 Å². The Kier molecular flexibility index (Phi) is 5.83. The standard InChI is InChI=1S/C20H22FN3O5S/c21-18-5-4-16(13-17(18)19(25)23-14-15-3-1-2-8-22-15)30(26,27)24-9-6-20(7-10-24)28-11-12-29-20/h1-5,8,13H,6-7,9-12,14H2,(H,23,25). The van der Waals surface area contributed by atoms with E-state index in [9.17, 15) is 17.6 Å². The summed E-state index contributed by atoms with van der Waals surface area (Å²) in [4.78, 5) is 16.4. The van der Waals surface area contributed by atoms with Gasteiger partial charge in [0.15, 0.2) is 5.79 Å². The molecule has 30 heavy (non-hydrogen) atoms. The maximum absolute atomic E-state index is 14.3. The van der Waals surface area contributed by atoms with Gasteiger partial charge in [0.1, 0.15) is 5.82 Å². The van der Waals surface area contributed by atoms with Crippen molar-refractivity contribution in [3.8, 4) is 0 Å². The number of amides is 1. The molecule has 1 aromatic heterocycles. The number of carbonyl (C=O) groups is 1. The van der Waals surface area contributed by atoms with Gasteiger partial charge in [-0.25, -0.2) is 12.8 Å². The number of pyridine rings is 1. The van der Waals surface area contributed by atoms with Crippen LogP contribution in [0.2, 0.25) is 0 Å². The first kappa shape index (κ1) is 20.9. The molecule has 2 saturated heterocycles. The molecule has 2 fully saturated rings. The van der Waals surface area contributed by atoms with Gasteiger partial charge < -0.3 is 14.8 Å². The zero-order chi connectivity index (χ0) is 21.2. The maximum Gasteiger partial charge on any atom is 0.254 e. The van der Waals surface area contributed by atoms with Crippen LogP contribution in [0.5, 0.6) is 0 Å². The fourth-order valence-corrected chi connectivity index (χ4v) is 5.08. The van der Waals surface area contributed by atoms with Gasteiger partial charge in [0.25, 0.3) is 5.91 Å². The summed E-state index contributed by atoms with van der Waals surface area (Å²) in [6, 6.07) is 8.48. The lowest BCUT2D eigenvalue weighted by atomic mass is 10.1. The Morgan fingerprint density at radius 1 is 1.17 bits per heavy atom. The molecular formula is C20H22FN3O5S. The molecule has 0 radical (unpaired) electrons. The van der Waals surface area contributed by atoms with Crippen LogP contribution in [0.1, 0.15) is 28.9 Å². The van der Waals surface area contributed by atoms with Crippen molar-refractivity contribution in [3.05, 3.63) is 59.7 Å². The van der Waals surface area contributed by atoms with Crippen LogP contribution >= 0.6 is 0 Å². The zero-order valence-corrected chi connectivity index (χ0v) is 17.0. The lowest BCUT2D eigenvalue weighted by Gasteiger charge is -2.36. The lowest BCUT2D eigenvalue weighted by molar-refractivity contribution is -0.179. The molecule has 0 unspecified atom stereocenters. The summed E-state index contributed by atoms with van der Waals surface area (Å²) >= 11 is 0. The summed E-state index contributed by atoms with van der Waals surface area (Å²) < 4.78 is 52.9. The van der Waals surface area contributed by atoms with E-state index < -0.39 is 27.5 Å². The third kappa shape index (κ3) is 4.22. The molecule has 1 spiro atoms. The number of nitrogens with zero attached hydrogens (tertiary/aromatic N) is 2. The largest absolute Gasteiger partial charge is 0.347 e. The Balaban J connectivity index is 1.48. The normalized spacial score (nSPS) is 19.1. The zero-order valence-electron chi connectivity index (χ0n) is 16.2. The van der Waals surface area contributed by atoms with E-state index in [0.717, 1.165) is 12.1 Å². The Hall–Kier alpha value is -2.40. The van der Waals surface area contributed by atoms with E-state index in [1.807, 2.05) is 0 Å². The van der Waals surface area contributed by atoms with Crippen molar-refractivity contribution in [2.45, 2.75) is 30.1 Å². The molecule has 1 N–H and O–H groups in total. The number of piperidine rings is 1. The van der Waals surface area contributed by atoms with Crippen LogP contribution in [0.3, 0.4) is 0 Å². The fourth-order valence-electron chi connectivity index (χ4n) is 3.61. The maximum atomic E-state index is 14.3. The van der Waals surface area contributed by atoms with Gasteiger partial charge in [-0.3, -0.25) is 9.78 Å². The number of ether oxygens (including phenoxy) is 2. The predicted octanol–water partition coefficient (Wildman–Crippen LogP) is 1.68. The van der Waals surface area contributed by atoms with Crippen molar-refractivity contribution in [1.29, 1.82) is 0 Å². The number of hydrogen-bond donors (Lipinski definition) is 1. The Morgan fingerprint density at radius 2 is 1.90 bits per heavy atom. The molecule has 0 bridgehead atoms. The summed E-state index contributed by atoms with van der Waals surface area (Å²) in [6.45, 7) is 1.55. The first-order valence-electron chi connectivity index (χ1n) is 9.65. The van der Waals surface area contributed by atoms with Crippen LogP contribution in [0.15, 0.2) is 47.5 Å². The lowest BCUT2D eigenvalue weighted by Crippen LogP contribution is -2.47. The molecular weight excluding hydrogens is 413 g/mol. The van der Waals surface area contributed by atoms with E-state index in [0.29, 0.717) is 31.7 Å². The molecule has 2 aliphatic rings. The third-order valence-electron chi connectivity index (χ3n) is 5.27. The topological polar surface area (TPSA) is 97.8 Å². The molecule has 0 atom stereocenters. The van der Waals surface area contributed by atoms with Crippen LogP contribution < -0.4 is 5.32 Å². The molecule has 1 aromatic carbocycles. The summed E-state index contributed by atoms with van der Waals surface area (Å²) in [5.74, 6) is -2.20. The van der Waals surface area contributed by atoms with Gasteiger partial charge in [-0.1, -0.05) is 6.07 Å². The molecule has 1 amide bonds. The molecule has 2 aliphatic heterocycles. The second-order valence-corrected chi connectivity index (χ2v) is 9.10. The highest BCUT2D eigenvalue weighted by Gasteiger charge is 2.42. The van der Waals surface area contributed by atoms with E-state index in [4.69, 9.17) is 9.47 Å².